The number of hydrogen-bond acceptors (Lipinski definition) is 3. The lowest BCUT2D eigenvalue weighted by molar-refractivity contribution is -0.0356. The van der Waals surface area contributed by atoms with Crippen LogP contribution in [0.3, 0.4) is 0 Å². The van der Waals surface area contributed by atoms with Crippen LogP contribution >= 0.6 is 11.8 Å². The van der Waals surface area contributed by atoms with Gasteiger partial charge in [-0.1, -0.05) is 23.8 Å². The second kappa shape index (κ2) is 8.50. The summed E-state index contributed by atoms with van der Waals surface area (Å²) in [5, 5.41) is 0. The SMILES string of the molecule is C=CCC(C)(CC(CSc1ccc(C)cc1)OC)OC. The van der Waals surface area contributed by atoms with Crippen LogP contribution < -0.4 is 0 Å². The standard InChI is InChI=1S/C17H26O2S/c1-6-11-17(3,19-5)12-15(18-4)13-20-16-9-7-14(2)8-10-16/h6-10,15H,1,11-13H2,2-5H3. The fraction of sp³-hybridized carbons (Fsp3) is 0.529. The molecule has 0 aliphatic carbocycles. The monoisotopic (exact) mass is 294 g/mol. The minimum Gasteiger partial charge on any atom is -0.380 e. The lowest BCUT2D eigenvalue weighted by Crippen LogP contribution is -2.33. The van der Waals surface area contributed by atoms with E-state index in [4.69, 9.17) is 9.47 Å². The third-order valence-corrected chi connectivity index (χ3v) is 4.66. The molecule has 0 saturated carbocycles. The van der Waals surface area contributed by atoms with E-state index in [2.05, 4.69) is 44.7 Å². The zero-order valence-corrected chi connectivity index (χ0v) is 13.8. The Morgan fingerprint density at radius 2 is 1.95 bits per heavy atom. The summed E-state index contributed by atoms with van der Waals surface area (Å²) in [6, 6.07) is 8.60. The summed E-state index contributed by atoms with van der Waals surface area (Å²) in [4.78, 5) is 1.28. The first-order valence-electron chi connectivity index (χ1n) is 6.91. The van der Waals surface area contributed by atoms with Crippen molar-refractivity contribution < 1.29 is 9.47 Å². The Kier molecular flexibility index (Phi) is 7.35. The summed E-state index contributed by atoms with van der Waals surface area (Å²) in [6.45, 7) is 8.01. The average Bonchev–Trinajstić information content (AvgIpc) is 2.45. The van der Waals surface area contributed by atoms with Crippen molar-refractivity contribution in [3.8, 4) is 0 Å². The number of thioether (sulfide) groups is 1. The Balaban J connectivity index is 2.54. The van der Waals surface area contributed by atoms with Crippen LogP contribution in [0.4, 0.5) is 0 Å². The first kappa shape index (κ1) is 17.3. The largest absolute Gasteiger partial charge is 0.380 e. The normalized spacial score (nSPS) is 15.6. The van der Waals surface area contributed by atoms with Crippen molar-refractivity contribution in [1.29, 1.82) is 0 Å². The zero-order chi connectivity index (χ0) is 15.0. The summed E-state index contributed by atoms with van der Waals surface area (Å²) >= 11 is 1.82. The Labute approximate surface area is 127 Å². The molecule has 1 aromatic carbocycles. The Hall–Kier alpha value is -0.770. The van der Waals surface area contributed by atoms with Crippen molar-refractivity contribution in [3.05, 3.63) is 42.5 Å². The van der Waals surface area contributed by atoms with Crippen LogP contribution in [-0.4, -0.2) is 31.7 Å². The van der Waals surface area contributed by atoms with E-state index in [-0.39, 0.29) is 11.7 Å². The van der Waals surface area contributed by atoms with E-state index in [1.54, 1.807) is 14.2 Å². The summed E-state index contributed by atoms with van der Waals surface area (Å²) in [5.74, 6) is 0.926. The summed E-state index contributed by atoms with van der Waals surface area (Å²) in [5.41, 5.74) is 1.09. The molecule has 1 aromatic rings. The average molecular weight is 294 g/mol. The van der Waals surface area contributed by atoms with E-state index in [1.807, 2.05) is 17.8 Å². The molecule has 2 atom stereocenters. The Morgan fingerprint density at radius 1 is 1.30 bits per heavy atom. The van der Waals surface area contributed by atoms with Crippen LogP contribution in [0.5, 0.6) is 0 Å². The summed E-state index contributed by atoms with van der Waals surface area (Å²) < 4.78 is 11.2. The second-order valence-electron chi connectivity index (χ2n) is 5.33. The second-order valence-corrected chi connectivity index (χ2v) is 6.43. The van der Waals surface area contributed by atoms with Crippen LogP contribution in [0.1, 0.15) is 25.3 Å². The topological polar surface area (TPSA) is 18.5 Å². The first-order valence-corrected chi connectivity index (χ1v) is 7.90. The van der Waals surface area contributed by atoms with Gasteiger partial charge in [0, 0.05) is 31.3 Å². The van der Waals surface area contributed by atoms with E-state index in [9.17, 15) is 0 Å². The van der Waals surface area contributed by atoms with Gasteiger partial charge in [-0.3, -0.25) is 0 Å². The number of methoxy groups -OCH3 is 2. The van der Waals surface area contributed by atoms with Gasteiger partial charge in [0.25, 0.3) is 0 Å². The molecule has 2 nitrogen and oxygen atoms in total. The van der Waals surface area contributed by atoms with E-state index in [0.717, 1.165) is 18.6 Å². The lowest BCUT2D eigenvalue weighted by Gasteiger charge is -2.30. The molecule has 0 aliphatic rings. The van der Waals surface area contributed by atoms with Gasteiger partial charge in [-0.25, -0.2) is 0 Å². The third-order valence-electron chi connectivity index (χ3n) is 3.52. The van der Waals surface area contributed by atoms with Crippen LogP contribution in [-0.2, 0) is 9.47 Å². The van der Waals surface area contributed by atoms with Gasteiger partial charge in [0.1, 0.15) is 0 Å². The van der Waals surface area contributed by atoms with E-state index < -0.39 is 0 Å². The number of ether oxygens (including phenoxy) is 2. The molecule has 112 valence electrons. The van der Waals surface area contributed by atoms with Gasteiger partial charge < -0.3 is 9.47 Å². The predicted octanol–water partition coefficient (Wildman–Crippen LogP) is 4.47. The first-order chi connectivity index (χ1) is 9.53. The highest BCUT2D eigenvalue weighted by atomic mass is 32.2. The van der Waals surface area contributed by atoms with Crippen molar-refractivity contribution in [3.63, 3.8) is 0 Å². The summed E-state index contributed by atoms with van der Waals surface area (Å²) in [6.07, 6.45) is 3.78. The van der Waals surface area contributed by atoms with E-state index in [0.29, 0.717) is 0 Å². The van der Waals surface area contributed by atoms with Crippen molar-refractivity contribution >= 4 is 11.8 Å². The van der Waals surface area contributed by atoms with Crippen molar-refractivity contribution in [2.24, 2.45) is 0 Å². The van der Waals surface area contributed by atoms with Crippen molar-refractivity contribution in [1.82, 2.24) is 0 Å². The van der Waals surface area contributed by atoms with Crippen molar-refractivity contribution in [2.45, 2.75) is 43.3 Å². The maximum Gasteiger partial charge on any atom is 0.0709 e. The Bertz CT molecular complexity index is 402. The highest BCUT2D eigenvalue weighted by Gasteiger charge is 2.26. The number of rotatable bonds is 9. The van der Waals surface area contributed by atoms with Gasteiger partial charge in [0.2, 0.25) is 0 Å². The number of hydrogen-bond donors (Lipinski definition) is 0. The highest BCUT2D eigenvalue weighted by molar-refractivity contribution is 7.99. The zero-order valence-electron chi connectivity index (χ0n) is 13.0. The maximum atomic E-state index is 5.62. The van der Waals surface area contributed by atoms with Gasteiger partial charge in [0.05, 0.1) is 11.7 Å². The Morgan fingerprint density at radius 3 is 2.45 bits per heavy atom. The molecule has 0 fully saturated rings. The molecule has 3 heteroatoms. The summed E-state index contributed by atoms with van der Waals surface area (Å²) in [7, 11) is 3.52. The molecule has 0 N–H and O–H groups in total. The molecule has 1 rings (SSSR count). The molecule has 0 amide bonds. The minimum absolute atomic E-state index is 0.172. The predicted molar refractivity (Wildman–Crippen MR) is 87.5 cm³/mol. The molecular formula is C17H26O2S. The van der Waals surface area contributed by atoms with Gasteiger partial charge in [-0.2, -0.15) is 0 Å². The number of aryl methyl sites for hydroxylation is 1. The molecule has 0 saturated heterocycles. The van der Waals surface area contributed by atoms with Gasteiger partial charge in [-0.15, -0.1) is 18.3 Å². The molecule has 2 unspecified atom stereocenters. The van der Waals surface area contributed by atoms with E-state index >= 15 is 0 Å². The maximum absolute atomic E-state index is 5.62. The van der Waals surface area contributed by atoms with E-state index in [1.165, 1.54) is 10.5 Å². The fourth-order valence-corrected chi connectivity index (χ4v) is 3.03. The highest BCUT2D eigenvalue weighted by Crippen LogP contribution is 2.27. The van der Waals surface area contributed by atoms with Crippen LogP contribution in [0.2, 0.25) is 0 Å². The minimum atomic E-state index is -0.198. The fourth-order valence-electron chi connectivity index (χ4n) is 2.07. The van der Waals surface area contributed by atoms with Gasteiger partial charge in [-0.05, 0) is 32.4 Å². The van der Waals surface area contributed by atoms with Crippen molar-refractivity contribution in [2.75, 3.05) is 20.0 Å². The quantitative estimate of drug-likeness (QED) is 0.494. The molecule has 0 bridgehead atoms. The van der Waals surface area contributed by atoms with Crippen LogP contribution in [0.15, 0.2) is 41.8 Å². The molecular weight excluding hydrogens is 268 g/mol. The number of benzene rings is 1. The molecule has 0 spiro atoms. The van der Waals surface area contributed by atoms with Crippen LogP contribution in [0, 0.1) is 6.92 Å². The lowest BCUT2D eigenvalue weighted by atomic mass is 9.95. The molecule has 0 aliphatic heterocycles. The molecule has 0 aromatic heterocycles. The van der Waals surface area contributed by atoms with Gasteiger partial charge >= 0.3 is 0 Å². The van der Waals surface area contributed by atoms with Crippen LogP contribution in [0.25, 0.3) is 0 Å². The smallest absolute Gasteiger partial charge is 0.0709 e. The molecule has 20 heavy (non-hydrogen) atoms. The molecule has 0 heterocycles. The molecule has 0 radical (unpaired) electrons. The van der Waals surface area contributed by atoms with Gasteiger partial charge in [0.15, 0.2) is 0 Å². The third kappa shape index (κ3) is 5.70.